The van der Waals surface area contributed by atoms with E-state index in [0.29, 0.717) is 13.0 Å². The van der Waals surface area contributed by atoms with Gasteiger partial charge in [-0.05, 0) is 44.0 Å². The second-order valence-corrected chi connectivity index (χ2v) is 8.30. The fourth-order valence-corrected chi connectivity index (χ4v) is 4.41. The van der Waals surface area contributed by atoms with Gasteiger partial charge in [0.2, 0.25) is 5.91 Å². The van der Waals surface area contributed by atoms with Crippen molar-refractivity contribution < 1.29 is 9.53 Å². The molecule has 0 saturated carbocycles. The molecule has 1 fully saturated rings. The van der Waals surface area contributed by atoms with Crippen LogP contribution in [0.5, 0.6) is 5.75 Å². The van der Waals surface area contributed by atoms with Gasteiger partial charge in [-0.15, -0.1) is 0 Å². The number of aromatic nitrogens is 2. The van der Waals surface area contributed by atoms with E-state index in [2.05, 4.69) is 17.3 Å². The lowest BCUT2D eigenvalue weighted by molar-refractivity contribution is -0.131. The first-order valence-corrected chi connectivity index (χ1v) is 10.7. The number of likely N-dealkylation sites (N-methyl/N-ethyl adjacent to an activating group) is 1. The minimum Gasteiger partial charge on any atom is -0.497 e. The Morgan fingerprint density at radius 2 is 2.03 bits per heavy atom. The molecule has 160 valence electrons. The van der Waals surface area contributed by atoms with Crippen LogP contribution >= 0.6 is 0 Å². The Kier molecular flexibility index (Phi) is 6.18. The Morgan fingerprint density at radius 1 is 1.23 bits per heavy atom. The zero-order valence-corrected chi connectivity index (χ0v) is 18.1. The van der Waals surface area contributed by atoms with Gasteiger partial charge >= 0.3 is 0 Å². The first kappa shape index (κ1) is 20.6. The van der Waals surface area contributed by atoms with E-state index < -0.39 is 0 Å². The van der Waals surface area contributed by atoms with E-state index in [-0.39, 0.29) is 11.8 Å². The summed E-state index contributed by atoms with van der Waals surface area (Å²) in [4.78, 5) is 27.0. The molecule has 0 aliphatic carbocycles. The maximum absolute atomic E-state index is 12.9. The van der Waals surface area contributed by atoms with Crippen LogP contribution in [0.15, 0.2) is 24.3 Å². The highest BCUT2D eigenvalue weighted by atomic mass is 16.5. The highest BCUT2D eigenvalue weighted by molar-refractivity contribution is 5.79. The van der Waals surface area contributed by atoms with E-state index in [9.17, 15) is 4.79 Å². The van der Waals surface area contributed by atoms with Crippen LogP contribution in [0.4, 0.5) is 5.82 Å². The number of anilines is 1. The molecule has 1 aromatic carbocycles. The monoisotopic (exact) mass is 409 g/mol. The second kappa shape index (κ2) is 9.00. The molecule has 0 unspecified atom stereocenters. The van der Waals surface area contributed by atoms with Gasteiger partial charge in [0.05, 0.1) is 19.2 Å². The third kappa shape index (κ3) is 4.41. The molecule has 0 bridgehead atoms. The van der Waals surface area contributed by atoms with E-state index in [1.54, 1.807) is 7.11 Å². The maximum Gasteiger partial charge on any atom is 0.227 e. The van der Waals surface area contributed by atoms with Crippen LogP contribution in [0.1, 0.15) is 41.4 Å². The molecule has 1 saturated heterocycles. The second-order valence-electron chi connectivity index (χ2n) is 8.30. The normalized spacial score (nSPS) is 19.3. The molecule has 1 amide bonds. The van der Waals surface area contributed by atoms with Crippen LogP contribution in [-0.4, -0.2) is 66.5 Å². The topological polar surface area (TPSA) is 70.6 Å². The van der Waals surface area contributed by atoms with Gasteiger partial charge in [0, 0.05) is 44.7 Å². The summed E-state index contributed by atoms with van der Waals surface area (Å²) in [6.45, 7) is 3.37. The first-order chi connectivity index (χ1) is 14.6. The maximum atomic E-state index is 12.9. The number of likely N-dealkylation sites (tertiary alicyclic amines) is 1. The Bertz CT molecular complexity index is 899. The number of carbonyl (C=O) groups is 1. The third-order valence-corrected chi connectivity index (χ3v) is 6.16. The third-order valence-electron chi connectivity index (χ3n) is 6.16. The molecule has 2 aliphatic heterocycles. The number of methoxy groups -OCH3 is 1. The minimum atomic E-state index is 0.163. The summed E-state index contributed by atoms with van der Waals surface area (Å²) in [5.74, 6) is 2.97. The minimum absolute atomic E-state index is 0.163. The largest absolute Gasteiger partial charge is 0.497 e. The zero-order valence-electron chi connectivity index (χ0n) is 18.1. The summed E-state index contributed by atoms with van der Waals surface area (Å²) in [6, 6.07) is 7.72. The molecule has 7 heteroatoms. The number of hydrogen-bond donors (Lipinski definition) is 1. The molecule has 1 aromatic heterocycles. The van der Waals surface area contributed by atoms with Gasteiger partial charge in [-0.3, -0.25) is 4.79 Å². The lowest BCUT2D eigenvalue weighted by atomic mass is 9.95. The Balaban J connectivity index is 1.48. The molecule has 0 spiro atoms. The number of nitrogens with one attached hydrogen (secondary N) is 1. The van der Waals surface area contributed by atoms with Crippen molar-refractivity contribution in [1.29, 1.82) is 0 Å². The van der Waals surface area contributed by atoms with Crippen LogP contribution in [0.2, 0.25) is 0 Å². The molecular weight excluding hydrogens is 378 g/mol. The quantitative estimate of drug-likeness (QED) is 0.818. The van der Waals surface area contributed by atoms with Gasteiger partial charge in [0.25, 0.3) is 0 Å². The molecule has 1 N–H and O–H groups in total. The Labute approximate surface area is 178 Å². The number of fused-ring (bicyclic) bond motifs is 1. The first-order valence-electron chi connectivity index (χ1n) is 10.7. The molecule has 7 nitrogen and oxygen atoms in total. The van der Waals surface area contributed by atoms with Crippen LogP contribution in [0.25, 0.3) is 0 Å². The van der Waals surface area contributed by atoms with Crippen molar-refractivity contribution in [3.05, 3.63) is 46.9 Å². The molecule has 1 atom stereocenters. The number of benzene rings is 1. The van der Waals surface area contributed by atoms with Crippen LogP contribution in [0, 0.1) is 0 Å². The van der Waals surface area contributed by atoms with E-state index in [1.807, 2.05) is 36.2 Å². The van der Waals surface area contributed by atoms with Gasteiger partial charge in [-0.25, -0.2) is 9.97 Å². The number of amides is 1. The number of hydrogen-bond acceptors (Lipinski definition) is 6. The average molecular weight is 410 g/mol. The molecule has 4 rings (SSSR count). The van der Waals surface area contributed by atoms with Crippen molar-refractivity contribution in [1.82, 2.24) is 19.8 Å². The van der Waals surface area contributed by atoms with Crippen LogP contribution < -0.4 is 10.1 Å². The van der Waals surface area contributed by atoms with Crippen molar-refractivity contribution in [2.24, 2.45) is 0 Å². The highest BCUT2D eigenvalue weighted by Gasteiger charge is 2.29. The van der Waals surface area contributed by atoms with Crippen LogP contribution in [-0.2, 0) is 24.2 Å². The zero-order chi connectivity index (χ0) is 21.1. The predicted octanol–water partition coefficient (Wildman–Crippen LogP) is 2.46. The number of rotatable bonds is 5. The van der Waals surface area contributed by atoms with Gasteiger partial charge in [0.15, 0.2) is 0 Å². The van der Waals surface area contributed by atoms with Gasteiger partial charge in [-0.1, -0.05) is 12.1 Å². The molecule has 30 heavy (non-hydrogen) atoms. The Morgan fingerprint density at radius 3 is 2.77 bits per heavy atom. The van der Waals surface area contributed by atoms with Gasteiger partial charge in [0.1, 0.15) is 17.4 Å². The van der Waals surface area contributed by atoms with Gasteiger partial charge in [-0.2, -0.15) is 0 Å². The molecule has 0 radical (unpaired) electrons. The number of carbonyl (C=O) groups excluding carboxylic acids is 1. The van der Waals surface area contributed by atoms with E-state index in [0.717, 1.165) is 67.5 Å². The summed E-state index contributed by atoms with van der Waals surface area (Å²) < 4.78 is 5.20. The summed E-state index contributed by atoms with van der Waals surface area (Å²) in [6.07, 6.45) is 3.38. The number of nitrogens with zero attached hydrogens (tertiary/aromatic N) is 4. The summed E-state index contributed by atoms with van der Waals surface area (Å²) >= 11 is 0. The Hall–Kier alpha value is -2.67. The smallest absolute Gasteiger partial charge is 0.227 e. The van der Waals surface area contributed by atoms with E-state index in [1.165, 1.54) is 5.56 Å². The average Bonchev–Trinajstić information content (AvgIpc) is 2.78. The summed E-state index contributed by atoms with van der Waals surface area (Å²) in [5, 5.41) is 3.26. The SMILES string of the molecule is CNc1nc([C@@H]2CCCN(C(=O)Cc3ccc(OC)cc3)C2)nc2c1CCN(C)C2. The summed E-state index contributed by atoms with van der Waals surface area (Å²) in [5.41, 5.74) is 3.37. The van der Waals surface area contributed by atoms with Crippen LogP contribution in [0.3, 0.4) is 0 Å². The molecule has 2 aromatic rings. The van der Waals surface area contributed by atoms with Gasteiger partial charge < -0.3 is 19.9 Å². The van der Waals surface area contributed by atoms with Crippen molar-refractivity contribution in [3.63, 3.8) is 0 Å². The summed E-state index contributed by atoms with van der Waals surface area (Å²) in [7, 11) is 5.70. The number of ether oxygens (including phenoxy) is 1. The standard InChI is InChI=1S/C23H31N5O2/c1-24-23-19-10-12-27(2)15-20(19)25-22(26-23)17-5-4-11-28(14-17)21(29)13-16-6-8-18(30-3)9-7-16/h6-9,17H,4-5,10-15H2,1-3H3,(H,24,25,26)/t17-/m1/s1. The van der Waals surface area contributed by atoms with E-state index in [4.69, 9.17) is 14.7 Å². The lowest BCUT2D eigenvalue weighted by Gasteiger charge is -2.33. The van der Waals surface area contributed by atoms with Crippen molar-refractivity contribution >= 4 is 11.7 Å². The highest BCUT2D eigenvalue weighted by Crippen LogP contribution is 2.29. The molecule has 2 aliphatic rings. The van der Waals surface area contributed by atoms with Crippen molar-refractivity contribution in [2.45, 2.75) is 38.1 Å². The predicted molar refractivity (Wildman–Crippen MR) is 117 cm³/mol. The van der Waals surface area contributed by atoms with Crippen molar-refractivity contribution in [3.8, 4) is 5.75 Å². The van der Waals surface area contributed by atoms with E-state index >= 15 is 0 Å². The molecular formula is C23H31N5O2. The fraction of sp³-hybridized carbons (Fsp3) is 0.522. The number of piperidine rings is 1. The lowest BCUT2D eigenvalue weighted by Crippen LogP contribution is -2.40. The fourth-order valence-electron chi connectivity index (χ4n) is 4.41. The molecule has 3 heterocycles. The van der Waals surface area contributed by atoms with Crippen molar-refractivity contribution in [2.75, 3.05) is 46.2 Å².